The maximum absolute atomic E-state index is 9.42. The number of azo groups is 1. The summed E-state index contributed by atoms with van der Waals surface area (Å²) in [5.41, 5.74) is 3.94. The summed E-state index contributed by atoms with van der Waals surface area (Å²) in [7, 11) is 0. The molecule has 7 nitrogen and oxygen atoms in total. The second-order valence-corrected chi connectivity index (χ2v) is 9.37. The Morgan fingerprint density at radius 2 is 1.91 bits per heavy atom. The van der Waals surface area contributed by atoms with Crippen molar-refractivity contribution in [3.05, 3.63) is 39.8 Å². The number of unbranched alkanes of at least 4 members (excludes halogenated alkanes) is 3. The molecule has 0 saturated heterocycles. The fourth-order valence-electron chi connectivity index (χ4n) is 3.63. The fraction of sp³-hybridized carbons (Fsp3) is 0.538. The molecule has 1 aromatic carbocycles. The highest BCUT2D eigenvalue weighted by molar-refractivity contribution is 7.16. The van der Waals surface area contributed by atoms with E-state index < -0.39 is 0 Å². The zero-order valence-electron chi connectivity index (χ0n) is 20.7. The molecule has 0 saturated carbocycles. The number of nitrogens with zero attached hydrogens (tertiary/aromatic N) is 5. The van der Waals surface area contributed by atoms with Crippen LogP contribution in [0, 0.1) is 36.5 Å². The second kappa shape index (κ2) is 14.5. The maximum atomic E-state index is 9.42. The molecular formula is C26H35N5O2S. The SMILES string of the molecule is CCCCCCN(CCC(C)OCCO)c1ccc(N=Nc2sc(C#N)c(C)c2C#N)c(C)c1. The molecule has 1 N–H and O–H groups in total. The molecule has 0 aliphatic rings. The van der Waals surface area contributed by atoms with E-state index in [1.54, 1.807) is 6.92 Å². The number of hydrogen-bond donors (Lipinski definition) is 1. The first-order valence-electron chi connectivity index (χ1n) is 11.9. The van der Waals surface area contributed by atoms with E-state index in [9.17, 15) is 10.5 Å². The van der Waals surface area contributed by atoms with E-state index in [0.717, 1.165) is 42.9 Å². The molecule has 0 amide bonds. The monoisotopic (exact) mass is 481 g/mol. The van der Waals surface area contributed by atoms with Crippen LogP contribution in [0.25, 0.3) is 0 Å². The van der Waals surface area contributed by atoms with E-state index in [0.29, 0.717) is 27.6 Å². The Kier molecular flexibility index (Phi) is 11.7. The quantitative estimate of drug-likeness (QED) is 0.239. The molecule has 8 heteroatoms. The summed E-state index contributed by atoms with van der Waals surface area (Å²) in [5, 5.41) is 36.8. The van der Waals surface area contributed by atoms with Gasteiger partial charge in [0.05, 0.1) is 30.6 Å². The van der Waals surface area contributed by atoms with Crippen LogP contribution in [-0.4, -0.2) is 37.5 Å². The van der Waals surface area contributed by atoms with E-state index in [4.69, 9.17) is 9.84 Å². The lowest BCUT2D eigenvalue weighted by Gasteiger charge is -2.27. The van der Waals surface area contributed by atoms with Gasteiger partial charge >= 0.3 is 0 Å². The number of aliphatic hydroxyl groups is 1. The summed E-state index contributed by atoms with van der Waals surface area (Å²) in [4.78, 5) is 2.88. The van der Waals surface area contributed by atoms with Gasteiger partial charge in [-0.1, -0.05) is 26.2 Å². The topological polar surface area (TPSA) is 105 Å². The van der Waals surface area contributed by atoms with Crippen LogP contribution in [0.1, 0.15) is 67.5 Å². The third-order valence-corrected chi connectivity index (χ3v) is 6.80. The van der Waals surface area contributed by atoms with Crippen LogP contribution in [0.5, 0.6) is 0 Å². The largest absolute Gasteiger partial charge is 0.394 e. The van der Waals surface area contributed by atoms with Crippen LogP contribution in [0.15, 0.2) is 28.4 Å². The maximum Gasteiger partial charge on any atom is 0.158 e. The van der Waals surface area contributed by atoms with Crippen molar-refractivity contribution in [2.45, 2.75) is 65.9 Å². The minimum atomic E-state index is 0.0407. The molecule has 2 rings (SSSR count). The summed E-state index contributed by atoms with van der Waals surface area (Å²) in [6, 6.07) is 10.4. The van der Waals surface area contributed by atoms with E-state index in [2.05, 4.69) is 46.3 Å². The predicted octanol–water partition coefficient (Wildman–Crippen LogP) is 6.70. The van der Waals surface area contributed by atoms with E-state index >= 15 is 0 Å². The molecule has 0 aliphatic heterocycles. The number of ether oxygens (including phenoxy) is 1. The van der Waals surface area contributed by atoms with Crippen molar-refractivity contribution in [1.82, 2.24) is 0 Å². The Morgan fingerprint density at radius 1 is 1.12 bits per heavy atom. The molecule has 1 atom stereocenters. The molecule has 0 aliphatic carbocycles. The Hall–Kier alpha value is -2.78. The van der Waals surface area contributed by atoms with E-state index in [1.165, 1.54) is 30.6 Å². The first kappa shape index (κ1) is 27.5. The smallest absolute Gasteiger partial charge is 0.158 e. The average molecular weight is 482 g/mol. The van der Waals surface area contributed by atoms with Gasteiger partial charge in [0.2, 0.25) is 0 Å². The summed E-state index contributed by atoms with van der Waals surface area (Å²) < 4.78 is 5.63. The van der Waals surface area contributed by atoms with Gasteiger partial charge in [0.15, 0.2) is 5.00 Å². The van der Waals surface area contributed by atoms with Gasteiger partial charge in [0, 0.05) is 18.8 Å². The molecule has 2 aromatic rings. The minimum Gasteiger partial charge on any atom is -0.394 e. The van der Waals surface area contributed by atoms with Gasteiger partial charge in [-0.3, -0.25) is 0 Å². The third-order valence-electron chi connectivity index (χ3n) is 5.72. The lowest BCUT2D eigenvalue weighted by Crippen LogP contribution is -2.28. The number of benzene rings is 1. The van der Waals surface area contributed by atoms with E-state index in [1.807, 2.05) is 19.9 Å². The van der Waals surface area contributed by atoms with Crippen LogP contribution < -0.4 is 4.90 Å². The van der Waals surface area contributed by atoms with Gasteiger partial charge in [0.25, 0.3) is 0 Å². The highest BCUT2D eigenvalue weighted by Gasteiger charge is 2.15. The average Bonchev–Trinajstić information content (AvgIpc) is 3.15. The number of rotatable bonds is 14. The van der Waals surface area contributed by atoms with Crippen LogP contribution >= 0.6 is 11.3 Å². The number of aryl methyl sites for hydroxylation is 1. The molecule has 1 aromatic heterocycles. The van der Waals surface area contributed by atoms with Crippen LogP contribution in [0.4, 0.5) is 16.4 Å². The molecule has 0 radical (unpaired) electrons. The molecule has 1 heterocycles. The number of hydrogen-bond acceptors (Lipinski definition) is 8. The zero-order chi connectivity index (χ0) is 24.9. The Labute approximate surface area is 207 Å². The third kappa shape index (κ3) is 7.92. The second-order valence-electron chi connectivity index (χ2n) is 8.37. The fourth-order valence-corrected chi connectivity index (χ4v) is 4.51. The molecule has 34 heavy (non-hydrogen) atoms. The molecular weight excluding hydrogens is 446 g/mol. The molecule has 0 bridgehead atoms. The van der Waals surface area contributed by atoms with Gasteiger partial charge in [-0.25, -0.2) is 0 Å². The molecule has 0 spiro atoms. The Bertz CT molecular complexity index is 1040. The van der Waals surface area contributed by atoms with Crippen molar-refractivity contribution in [2.24, 2.45) is 10.2 Å². The number of thiophene rings is 1. The van der Waals surface area contributed by atoms with Crippen LogP contribution in [0.2, 0.25) is 0 Å². The van der Waals surface area contributed by atoms with Crippen LogP contribution in [0.3, 0.4) is 0 Å². The van der Waals surface area contributed by atoms with Gasteiger partial charge in [0.1, 0.15) is 17.0 Å². The summed E-state index contributed by atoms with van der Waals surface area (Å²) in [6.45, 7) is 10.3. The lowest BCUT2D eigenvalue weighted by atomic mass is 10.1. The highest BCUT2D eigenvalue weighted by atomic mass is 32.1. The Morgan fingerprint density at radius 3 is 2.56 bits per heavy atom. The number of nitriles is 2. The van der Waals surface area contributed by atoms with Gasteiger partial charge < -0.3 is 14.7 Å². The first-order valence-corrected chi connectivity index (χ1v) is 12.7. The van der Waals surface area contributed by atoms with Gasteiger partial charge in [-0.2, -0.15) is 10.5 Å². The lowest BCUT2D eigenvalue weighted by molar-refractivity contribution is 0.0358. The van der Waals surface area contributed by atoms with Gasteiger partial charge in [-0.05, 0) is 62.9 Å². The van der Waals surface area contributed by atoms with Crippen molar-refractivity contribution in [3.8, 4) is 12.1 Å². The van der Waals surface area contributed by atoms with Crippen molar-refractivity contribution < 1.29 is 9.84 Å². The predicted molar refractivity (Wildman–Crippen MR) is 137 cm³/mol. The minimum absolute atomic E-state index is 0.0407. The Balaban J connectivity index is 2.18. The van der Waals surface area contributed by atoms with Crippen molar-refractivity contribution in [2.75, 3.05) is 31.2 Å². The normalized spacial score (nSPS) is 12.0. The number of anilines is 1. The van der Waals surface area contributed by atoms with Crippen molar-refractivity contribution in [1.29, 1.82) is 10.5 Å². The summed E-state index contributed by atoms with van der Waals surface area (Å²) in [6.07, 6.45) is 5.75. The summed E-state index contributed by atoms with van der Waals surface area (Å²) >= 11 is 1.19. The van der Waals surface area contributed by atoms with Crippen molar-refractivity contribution in [3.63, 3.8) is 0 Å². The highest BCUT2D eigenvalue weighted by Crippen LogP contribution is 2.36. The van der Waals surface area contributed by atoms with E-state index in [-0.39, 0.29) is 12.7 Å². The number of aliphatic hydroxyl groups excluding tert-OH is 1. The standard InChI is InChI=1S/C26H35N5O2S/c1-5-6-7-8-12-31(13-11-20(3)33-15-14-32)22-9-10-24(19(2)16-22)29-30-26-23(17-27)21(4)25(18-28)34-26/h9-10,16,20,32H,5-8,11-15H2,1-4H3. The first-order chi connectivity index (χ1) is 16.4. The zero-order valence-corrected chi connectivity index (χ0v) is 21.5. The molecule has 1 unspecified atom stereocenters. The van der Waals surface area contributed by atoms with Crippen molar-refractivity contribution >= 4 is 27.7 Å². The van der Waals surface area contributed by atoms with Crippen LogP contribution in [-0.2, 0) is 4.74 Å². The summed E-state index contributed by atoms with van der Waals surface area (Å²) in [5.74, 6) is 0. The van der Waals surface area contributed by atoms with Gasteiger partial charge in [-0.15, -0.1) is 21.6 Å². The molecule has 182 valence electrons. The molecule has 0 fully saturated rings.